The van der Waals surface area contributed by atoms with Gasteiger partial charge in [-0.1, -0.05) is 0 Å². The SMILES string of the molecule is CC(C)[C@H]1CC[C@@H](C)C[C@H]1[Sn]([c]1ccccc1[C@H](C)N(C)C)[C@@H]1C[C@H](C)CC[C@H]1C(C)C. The van der Waals surface area contributed by atoms with Crippen LogP contribution >= 0.6 is 0 Å². The Hall–Kier alpha value is -0.0213. The first kappa shape index (κ1) is 26.6. The van der Waals surface area contributed by atoms with Gasteiger partial charge in [-0.05, 0) is 0 Å². The fraction of sp³-hybridized carbons (Fsp3) is 0.800. The van der Waals surface area contributed by atoms with Crippen molar-refractivity contribution < 1.29 is 0 Å². The third-order valence-electron chi connectivity index (χ3n) is 9.34. The standard InChI is InChI=1S/C10H14N.2C10H19.Sn/c1-9(11(2)3)10-7-5-4-6-8-10;2*1-8(2)10-6-4-9(3)5-7-10;/h4-7,9H,1-3H3;2*6,8-10H,4-5,7H2,1-3H3;/t9-;9-,10+;9-,10-;/m000./s1. The Morgan fingerprint density at radius 3 is 1.66 bits per heavy atom. The molecule has 0 N–H and O–H groups in total. The third kappa shape index (κ3) is 5.96. The summed E-state index contributed by atoms with van der Waals surface area (Å²) in [7, 11) is 4.54. The monoisotopic (exact) mass is 546 g/mol. The molecule has 2 fully saturated rings. The topological polar surface area (TPSA) is 3.24 Å². The summed E-state index contributed by atoms with van der Waals surface area (Å²) in [6, 6.07) is 10.3. The molecule has 2 saturated carbocycles. The normalized spacial score (nSPS) is 32.8. The molecule has 0 aromatic heterocycles. The molecule has 2 heteroatoms. The second-order valence-corrected chi connectivity index (χ2v) is 20.9. The summed E-state index contributed by atoms with van der Waals surface area (Å²) >= 11 is -2.03. The Morgan fingerprint density at radius 1 is 0.750 bits per heavy atom. The number of benzene rings is 1. The molecule has 1 aromatic carbocycles. The van der Waals surface area contributed by atoms with E-state index in [1.165, 1.54) is 38.5 Å². The Labute approximate surface area is 207 Å². The zero-order valence-electron chi connectivity index (χ0n) is 22.7. The second kappa shape index (κ2) is 11.6. The van der Waals surface area contributed by atoms with Gasteiger partial charge >= 0.3 is 209 Å². The van der Waals surface area contributed by atoms with E-state index >= 15 is 0 Å². The van der Waals surface area contributed by atoms with Crippen molar-refractivity contribution in [3.05, 3.63) is 29.8 Å². The molecule has 0 heterocycles. The molecule has 1 nitrogen and oxygen atoms in total. The molecule has 1 aromatic rings. The molecule has 2 aliphatic carbocycles. The number of rotatable bonds is 7. The number of hydrogen-bond acceptors (Lipinski definition) is 1. The molecule has 7 atom stereocenters. The molecule has 0 unspecified atom stereocenters. The summed E-state index contributed by atoms with van der Waals surface area (Å²) < 4.78 is 3.94. The summed E-state index contributed by atoms with van der Waals surface area (Å²) in [5, 5.41) is 0. The van der Waals surface area contributed by atoms with Crippen LogP contribution in [-0.4, -0.2) is 38.8 Å². The summed E-state index contributed by atoms with van der Waals surface area (Å²) in [5.74, 6) is 5.41. The summed E-state index contributed by atoms with van der Waals surface area (Å²) in [4.78, 5) is 2.44. The van der Waals surface area contributed by atoms with Gasteiger partial charge in [0.15, 0.2) is 0 Å². The van der Waals surface area contributed by atoms with Gasteiger partial charge in [-0.2, -0.15) is 0 Å². The van der Waals surface area contributed by atoms with E-state index in [4.69, 9.17) is 0 Å². The van der Waals surface area contributed by atoms with Gasteiger partial charge < -0.3 is 0 Å². The minimum atomic E-state index is -2.03. The van der Waals surface area contributed by atoms with Crippen LogP contribution in [0.4, 0.5) is 0 Å². The summed E-state index contributed by atoms with van der Waals surface area (Å²) in [6.07, 6.45) is 8.90. The van der Waals surface area contributed by atoms with Crippen molar-refractivity contribution in [2.75, 3.05) is 14.1 Å². The van der Waals surface area contributed by atoms with Crippen molar-refractivity contribution in [2.45, 2.75) is 101 Å². The Kier molecular flexibility index (Phi) is 9.64. The van der Waals surface area contributed by atoms with E-state index in [1.54, 1.807) is 5.56 Å². The Balaban J connectivity index is 2.16. The Morgan fingerprint density at radius 2 is 1.22 bits per heavy atom. The van der Waals surface area contributed by atoms with Crippen molar-refractivity contribution in [3.63, 3.8) is 0 Å². The summed E-state index contributed by atoms with van der Waals surface area (Å²) in [6.45, 7) is 17.7. The van der Waals surface area contributed by atoms with Crippen LogP contribution in [0.15, 0.2) is 24.3 Å². The fourth-order valence-electron chi connectivity index (χ4n) is 7.20. The van der Waals surface area contributed by atoms with Gasteiger partial charge in [-0.25, -0.2) is 0 Å². The molecule has 181 valence electrons. The zero-order valence-corrected chi connectivity index (χ0v) is 25.5. The fourth-order valence-corrected chi connectivity index (χ4v) is 23.2. The first-order chi connectivity index (χ1) is 15.1. The number of nitrogens with zero attached hydrogens (tertiary/aromatic N) is 1. The first-order valence-electron chi connectivity index (χ1n) is 13.7. The van der Waals surface area contributed by atoms with Crippen LogP contribution in [-0.2, 0) is 0 Å². The van der Waals surface area contributed by atoms with E-state index < -0.39 is 19.8 Å². The van der Waals surface area contributed by atoms with Gasteiger partial charge in [-0.3, -0.25) is 0 Å². The van der Waals surface area contributed by atoms with Crippen LogP contribution in [0.3, 0.4) is 0 Å². The molecule has 32 heavy (non-hydrogen) atoms. The van der Waals surface area contributed by atoms with E-state index in [0.717, 1.165) is 43.4 Å². The van der Waals surface area contributed by atoms with Crippen molar-refractivity contribution in [1.82, 2.24) is 4.90 Å². The summed E-state index contributed by atoms with van der Waals surface area (Å²) in [5.41, 5.74) is 1.67. The maximum atomic E-state index is 2.62. The molecule has 1 radical (unpaired) electrons. The van der Waals surface area contributed by atoms with Crippen molar-refractivity contribution in [3.8, 4) is 0 Å². The van der Waals surface area contributed by atoms with E-state index in [-0.39, 0.29) is 0 Å². The zero-order chi connectivity index (χ0) is 23.6. The third-order valence-corrected chi connectivity index (χ3v) is 20.8. The molecule has 0 bridgehead atoms. The molecule has 0 spiro atoms. The average Bonchev–Trinajstić information content (AvgIpc) is 2.73. The molecule has 0 saturated heterocycles. The van der Waals surface area contributed by atoms with Crippen LogP contribution in [0.25, 0.3) is 0 Å². The van der Waals surface area contributed by atoms with Crippen molar-refractivity contribution in [1.29, 1.82) is 0 Å². The predicted molar refractivity (Wildman–Crippen MR) is 144 cm³/mol. The number of hydrogen-bond donors (Lipinski definition) is 0. The van der Waals surface area contributed by atoms with Crippen LogP contribution in [0, 0.1) is 35.5 Å². The van der Waals surface area contributed by atoms with Gasteiger partial charge in [0.05, 0.1) is 0 Å². The van der Waals surface area contributed by atoms with Gasteiger partial charge in [0.1, 0.15) is 0 Å². The minimum absolute atomic E-state index is 0.513. The molecular formula is C30H52NSn. The van der Waals surface area contributed by atoms with Crippen molar-refractivity contribution >= 4 is 23.3 Å². The molecular weight excluding hydrogens is 493 g/mol. The van der Waals surface area contributed by atoms with E-state index in [0.29, 0.717) is 6.04 Å². The first-order valence-corrected chi connectivity index (χ1v) is 18.5. The van der Waals surface area contributed by atoms with E-state index in [9.17, 15) is 0 Å². The van der Waals surface area contributed by atoms with Crippen molar-refractivity contribution in [2.24, 2.45) is 35.5 Å². The molecule has 2 aliphatic rings. The molecule has 0 aliphatic heterocycles. The van der Waals surface area contributed by atoms with Gasteiger partial charge in [-0.15, -0.1) is 0 Å². The van der Waals surface area contributed by atoms with Crippen LogP contribution in [0.1, 0.15) is 98.6 Å². The van der Waals surface area contributed by atoms with Crippen LogP contribution in [0.2, 0.25) is 7.87 Å². The van der Waals surface area contributed by atoms with E-state index in [2.05, 4.69) is 91.7 Å². The van der Waals surface area contributed by atoms with Gasteiger partial charge in [0, 0.05) is 0 Å². The second-order valence-electron chi connectivity index (χ2n) is 12.5. The molecule has 0 amide bonds. The Bertz CT molecular complexity index is 679. The van der Waals surface area contributed by atoms with Crippen LogP contribution in [0.5, 0.6) is 0 Å². The van der Waals surface area contributed by atoms with Crippen LogP contribution < -0.4 is 3.58 Å². The van der Waals surface area contributed by atoms with E-state index in [1.807, 2.05) is 3.58 Å². The molecule has 3 rings (SSSR count). The average molecular weight is 545 g/mol. The quantitative estimate of drug-likeness (QED) is 0.315. The predicted octanol–water partition coefficient (Wildman–Crippen LogP) is 7.94. The van der Waals surface area contributed by atoms with Gasteiger partial charge in [0.2, 0.25) is 0 Å². The maximum absolute atomic E-state index is 2.62. The van der Waals surface area contributed by atoms with Gasteiger partial charge in [0.25, 0.3) is 0 Å².